The van der Waals surface area contributed by atoms with Crippen molar-refractivity contribution in [2.45, 2.75) is 51.6 Å². The van der Waals surface area contributed by atoms with Gasteiger partial charge >= 0.3 is 0 Å². The maximum Gasteiger partial charge on any atom is 0.247 e. The zero-order valence-electron chi connectivity index (χ0n) is 15.5. The van der Waals surface area contributed by atoms with Crippen molar-refractivity contribution >= 4 is 17.7 Å². The van der Waals surface area contributed by atoms with Crippen LogP contribution in [0.2, 0.25) is 0 Å². The Labute approximate surface area is 154 Å². The van der Waals surface area contributed by atoms with Gasteiger partial charge < -0.3 is 15.5 Å². The van der Waals surface area contributed by atoms with Crippen LogP contribution in [0, 0.1) is 12.8 Å². The molecule has 6 heteroatoms. The van der Waals surface area contributed by atoms with E-state index in [1.165, 1.54) is 6.92 Å². The average molecular weight is 357 g/mol. The van der Waals surface area contributed by atoms with Crippen LogP contribution < -0.4 is 10.6 Å². The number of piperazine rings is 1. The molecule has 1 saturated carbocycles. The van der Waals surface area contributed by atoms with Gasteiger partial charge in [-0.2, -0.15) is 0 Å². The van der Waals surface area contributed by atoms with Gasteiger partial charge in [0.05, 0.1) is 0 Å². The molecule has 1 atom stereocenters. The molecule has 1 heterocycles. The highest BCUT2D eigenvalue weighted by molar-refractivity contribution is 5.90. The van der Waals surface area contributed by atoms with Gasteiger partial charge in [-0.3, -0.25) is 14.4 Å². The topological polar surface area (TPSA) is 78.5 Å². The summed E-state index contributed by atoms with van der Waals surface area (Å²) in [5.41, 5.74) is 1.94. The number of nitrogens with one attached hydrogen (secondary N) is 2. The summed E-state index contributed by atoms with van der Waals surface area (Å²) < 4.78 is 0. The van der Waals surface area contributed by atoms with Crippen LogP contribution in [0.1, 0.15) is 49.8 Å². The maximum absolute atomic E-state index is 13.2. The van der Waals surface area contributed by atoms with Crippen molar-refractivity contribution in [1.29, 1.82) is 0 Å². The third-order valence-electron chi connectivity index (χ3n) is 5.34. The van der Waals surface area contributed by atoms with Gasteiger partial charge in [-0.15, -0.1) is 0 Å². The molecule has 0 spiro atoms. The Morgan fingerprint density at radius 1 is 1.19 bits per heavy atom. The van der Waals surface area contributed by atoms with Gasteiger partial charge in [0.2, 0.25) is 17.7 Å². The number of hydrogen-bond acceptors (Lipinski definition) is 3. The monoisotopic (exact) mass is 357 g/mol. The number of carbonyl (C=O) groups is 3. The van der Waals surface area contributed by atoms with Crippen molar-refractivity contribution in [2.24, 2.45) is 5.92 Å². The minimum Gasteiger partial charge on any atom is -0.354 e. The Morgan fingerprint density at radius 2 is 1.92 bits per heavy atom. The van der Waals surface area contributed by atoms with E-state index in [1.807, 2.05) is 31.2 Å². The summed E-state index contributed by atoms with van der Waals surface area (Å²) >= 11 is 0. The molecule has 1 aliphatic carbocycles. The zero-order valence-corrected chi connectivity index (χ0v) is 15.5. The van der Waals surface area contributed by atoms with E-state index >= 15 is 0 Å². The SMILES string of the molecule is CC(=O)NC1CCC(C(=O)N2CCNC(=O)C2c2cccc(C)c2)CC1. The number of nitrogens with zero attached hydrogens (tertiary/aromatic N) is 1. The van der Waals surface area contributed by atoms with E-state index in [4.69, 9.17) is 0 Å². The van der Waals surface area contributed by atoms with Crippen molar-refractivity contribution in [3.63, 3.8) is 0 Å². The summed E-state index contributed by atoms with van der Waals surface area (Å²) in [7, 11) is 0. The minimum atomic E-state index is -0.552. The Morgan fingerprint density at radius 3 is 2.58 bits per heavy atom. The number of aryl methyl sites for hydroxylation is 1. The third-order valence-corrected chi connectivity index (χ3v) is 5.34. The Balaban J connectivity index is 1.72. The number of amides is 3. The molecule has 1 saturated heterocycles. The predicted octanol–water partition coefficient (Wildman–Crippen LogP) is 1.69. The van der Waals surface area contributed by atoms with E-state index < -0.39 is 6.04 Å². The smallest absolute Gasteiger partial charge is 0.247 e. The molecule has 3 rings (SSSR count). The van der Waals surface area contributed by atoms with Crippen LogP contribution in [0.15, 0.2) is 24.3 Å². The van der Waals surface area contributed by atoms with Crippen LogP contribution in [0.4, 0.5) is 0 Å². The van der Waals surface area contributed by atoms with E-state index in [9.17, 15) is 14.4 Å². The van der Waals surface area contributed by atoms with Crippen LogP contribution in [0.3, 0.4) is 0 Å². The number of hydrogen-bond donors (Lipinski definition) is 2. The molecule has 0 radical (unpaired) electrons. The molecule has 2 fully saturated rings. The summed E-state index contributed by atoms with van der Waals surface area (Å²) in [6.07, 6.45) is 3.13. The summed E-state index contributed by atoms with van der Waals surface area (Å²) in [5.74, 6) is -0.139. The predicted molar refractivity (Wildman–Crippen MR) is 98.2 cm³/mol. The Hall–Kier alpha value is -2.37. The van der Waals surface area contributed by atoms with Gasteiger partial charge in [-0.05, 0) is 38.2 Å². The minimum absolute atomic E-state index is 0.0213. The first kappa shape index (κ1) is 18.4. The van der Waals surface area contributed by atoms with E-state index in [2.05, 4.69) is 10.6 Å². The molecule has 1 aromatic rings. The summed E-state index contributed by atoms with van der Waals surface area (Å²) in [4.78, 5) is 38.6. The largest absolute Gasteiger partial charge is 0.354 e. The van der Waals surface area contributed by atoms with Gasteiger partial charge in [0.1, 0.15) is 6.04 Å². The first-order chi connectivity index (χ1) is 12.5. The van der Waals surface area contributed by atoms with Crippen LogP contribution in [0.5, 0.6) is 0 Å². The molecule has 0 bridgehead atoms. The highest BCUT2D eigenvalue weighted by Crippen LogP contribution is 2.31. The molecule has 0 aromatic heterocycles. The molecule has 1 aromatic carbocycles. The Kier molecular flexibility index (Phi) is 5.59. The van der Waals surface area contributed by atoms with Gasteiger partial charge in [0.25, 0.3) is 0 Å². The van der Waals surface area contributed by atoms with Gasteiger partial charge in [0, 0.05) is 32.0 Å². The van der Waals surface area contributed by atoms with Crippen LogP contribution in [0.25, 0.3) is 0 Å². The first-order valence-corrected chi connectivity index (χ1v) is 9.37. The van der Waals surface area contributed by atoms with Crippen molar-refractivity contribution in [3.05, 3.63) is 35.4 Å². The molecule has 1 unspecified atom stereocenters. The molecule has 6 nitrogen and oxygen atoms in total. The Bertz CT molecular complexity index is 695. The van der Waals surface area contributed by atoms with Crippen LogP contribution in [-0.2, 0) is 14.4 Å². The molecule has 26 heavy (non-hydrogen) atoms. The quantitative estimate of drug-likeness (QED) is 0.864. The van der Waals surface area contributed by atoms with E-state index in [-0.39, 0.29) is 29.7 Å². The lowest BCUT2D eigenvalue weighted by molar-refractivity contribution is -0.147. The van der Waals surface area contributed by atoms with E-state index in [0.29, 0.717) is 13.1 Å². The van der Waals surface area contributed by atoms with Crippen LogP contribution >= 0.6 is 0 Å². The highest BCUT2D eigenvalue weighted by Gasteiger charge is 2.38. The highest BCUT2D eigenvalue weighted by atomic mass is 16.2. The van der Waals surface area contributed by atoms with E-state index in [0.717, 1.165) is 36.8 Å². The standard InChI is InChI=1S/C20H27N3O3/c1-13-4-3-5-16(12-13)18-19(25)21-10-11-23(18)20(26)15-6-8-17(9-7-15)22-14(2)24/h3-5,12,15,17-18H,6-11H2,1-2H3,(H,21,25)(H,22,24). The van der Waals surface area contributed by atoms with Crippen molar-refractivity contribution in [2.75, 3.05) is 13.1 Å². The maximum atomic E-state index is 13.2. The van der Waals surface area contributed by atoms with Crippen LogP contribution in [-0.4, -0.2) is 41.8 Å². The summed E-state index contributed by atoms with van der Waals surface area (Å²) in [6.45, 7) is 4.54. The van der Waals surface area contributed by atoms with Crippen molar-refractivity contribution in [1.82, 2.24) is 15.5 Å². The van der Waals surface area contributed by atoms with Gasteiger partial charge in [-0.1, -0.05) is 29.8 Å². The zero-order chi connectivity index (χ0) is 18.7. The second-order valence-electron chi connectivity index (χ2n) is 7.39. The number of benzene rings is 1. The fourth-order valence-electron chi connectivity index (χ4n) is 4.08. The second kappa shape index (κ2) is 7.89. The first-order valence-electron chi connectivity index (χ1n) is 9.37. The molecule has 3 amide bonds. The molecule has 1 aliphatic heterocycles. The van der Waals surface area contributed by atoms with Gasteiger partial charge in [-0.25, -0.2) is 0 Å². The lowest BCUT2D eigenvalue weighted by atomic mass is 9.84. The molecule has 140 valence electrons. The third kappa shape index (κ3) is 4.06. The lowest BCUT2D eigenvalue weighted by Gasteiger charge is -2.39. The molecular weight excluding hydrogens is 330 g/mol. The average Bonchev–Trinajstić information content (AvgIpc) is 2.61. The fraction of sp³-hybridized carbons (Fsp3) is 0.550. The summed E-state index contributed by atoms with van der Waals surface area (Å²) in [5, 5.41) is 5.83. The molecule has 2 aliphatic rings. The van der Waals surface area contributed by atoms with Gasteiger partial charge in [0.15, 0.2) is 0 Å². The number of rotatable bonds is 3. The second-order valence-corrected chi connectivity index (χ2v) is 7.39. The molecular formula is C20H27N3O3. The lowest BCUT2D eigenvalue weighted by Crippen LogP contribution is -2.54. The van der Waals surface area contributed by atoms with E-state index in [1.54, 1.807) is 4.90 Å². The molecule has 2 N–H and O–H groups in total. The summed E-state index contributed by atoms with van der Waals surface area (Å²) in [6, 6.07) is 7.41. The normalized spacial score (nSPS) is 26.2. The van der Waals surface area contributed by atoms with Crippen molar-refractivity contribution in [3.8, 4) is 0 Å². The number of carbonyl (C=O) groups excluding carboxylic acids is 3. The fourth-order valence-corrected chi connectivity index (χ4v) is 4.08. The van der Waals surface area contributed by atoms with Crippen molar-refractivity contribution < 1.29 is 14.4 Å².